The van der Waals surface area contributed by atoms with Crippen LogP contribution in [-0.4, -0.2) is 34.0 Å². The van der Waals surface area contributed by atoms with Gasteiger partial charge in [0.25, 0.3) is 0 Å². The van der Waals surface area contributed by atoms with E-state index in [2.05, 4.69) is 10.1 Å². The number of rotatable bonds is 5. The second kappa shape index (κ2) is 9.36. The van der Waals surface area contributed by atoms with Crippen molar-refractivity contribution in [1.29, 1.82) is 0 Å². The number of carbonyl (C=O) groups is 1. The molecular formula is C27H24FN3O2. The Balaban J connectivity index is 1.29. The van der Waals surface area contributed by atoms with Crippen LogP contribution in [0.3, 0.4) is 0 Å². The highest BCUT2D eigenvalue weighted by Gasteiger charge is 2.32. The Morgan fingerprint density at radius 2 is 1.45 bits per heavy atom. The summed E-state index contributed by atoms with van der Waals surface area (Å²) in [6.07, 6.45) is 1.51. The summed E-state index contributed by atoms with van der Waals surface area (Å²) in [6, 6.07) is 25.9. The highest BCUT2D eigenvalue weighted by atomic mass is 19.1. The van der Waals surface area contributed by atoms with E-state index in [1.165, 1.54) is 12.1 Å². The molecule has 1 fully saturated rings. The standard InChI is InChI=1S/C27H24FN3O2/c28-23-13-11-21(12-14-23)25-29-26(33-30-25)22-15-17-31(18-16-22)27(32)24(19-7-3-1-4-8-19)20-9-5-2-6-10-20/h1-14,22,24H,15-18H2. The zero-order valence-corrected chi connectivity index (χ0v) is 18.1. The average molecular weight is 442 g/mol. The number of hydrogen-bond acceptors (Lipinski definition) is 4. The van der Waals surface area contributed by atoms with Crippen LogP contribution in [0.1, 0.15) is 41.7 Å². The molecule has 3 aromatic carbocycles. The van der Waals surface area contributed by atoms with Gasteiger partial charge < -0.3 is 9.42 Å². The van der Waals surface area contributed by atoms with E-state index in [4.69, 9.17) is 4.52 Å². The Labute approximate surface area is 191 Å². The largest absolute Gasteiger partial charge is 0.342 e. The summed E-state index contributed by atoms with van der Waals surface area (Å²) in [5.41, 5.74) is 2.71. The number of carbonyl (C=O) groups excluding carboxylic acids is 1. The molecule has 6 heteroatoms. The normalized spacial score (nSPS) is 14.5. The minimum Gasteiger partial charge on any atom is -0.342 e. The van der Waals surface area contributed by atoms with E-state index in [0.29, 0.717) is 30.4 Å². The monoisotopic (exact) mass is 441 g/mol. The Morgan fingerprint density at radius 1 is 0.879 bits per heavy atom. The minimum atomic E-state index is -0.322. The van der Waals surface area contributed by atoms with E-state index in [1.54, 1.807) is 12.1 Å². The van der Waals surface area contributed by atoms with Gasteiger partial charge in [-0.15, -0.1) is 0 Å². The molecule has 0 aliphatic carbocycles. The predicted molar refractivity (Wildman–Crippen MR) is 123 cm³/mol. The first kappa shape index (κ1) is 21.1. The summed E-state index contributed by atoms with van der Waals surface area (Å²) >= 11 is 0. The van der Waals surface area contributed by atoms with Crippen LogP contribution in [0.25, 0.3) is 11.4 Å². The van der Waals surface area contributed by atoms with Crippen LogP contribution in [-0.2, 0) is 4.79 Å². The molecule has 0 N–H and O–H groups in total. The lowest BCUT2D eigenvalue weighted by atomic mass is 9.88. The van der Waals surface area contributed by atoms with Gasteiger partial charge in [-0.3, -0.25) is 4.79 Å². The van der Waals surface area contributed by atoms with Gasteiger partial charge in [-0.05, 0) is 48.2 Å². The maximum absolute atomic E-state index is 13.6. The third-order valence-electron chi connectivity index (χ3n) is 6.21. The van der Waals surface area contributed by atoms with Gasteiger partial charge in [0.05, 0.1) is 5.92 Å². The number of aromatic nitrogens is 2. The van der Waals surface area contributed by atoms with Crippen molar-refractivity contribution in [2.24, 2.45) is 0 Å². The van der Waals surface area contributed by atoms with Gasteiger partial charge in [0.15, 0.2) is 0 Å². The van der Waals surface area contributed by atoms with Crippen molar-refractivity contribution in [2.45, 2.75) is 24.7 Å². The lowest BCUT2D eigenvalue weighted by molar-refractivity contribution is -0.133. The maximum Gasteiger partial charge on any atom is 0.234 e. The van der Waals surface area contributed by atoms with E-state index in [1.807, 2.05) is 65.6 Å². The molecule has 4 aromatic rings. The van der Waals surface area contributed by atoms with E-state index in [0.717, 1.165) is 24.0 Å². The lowest BCUT2D eigenvalue weighted by Gasteiger charge is -2.33. The van der Waals surface area contributed by atoms with Gasteiger partial charge in [-0.2, -0.15) is 4.98 Å². The number of amides is 1. The molecule has 1 saturated heterocycles. The molecule has 0 bridgehead atoms. The first-order valence-corrected chi connectivity index (χ1v) is 11.2. The minimum absolute atomic E-state index is 0.0997. The second-order valence-corrected chi connectivity index (χ2v) is 8.32. The molecule has 1 aromatic heterocycles. The van der Waals surface area contributed by atoms with Gasteiger partial charge in [-0.1, -0.05) is 65.8 Å². The molecule has 0 radical (unpaired) electrons. The third-order valence-corrected chi connectivity index (χ3v) is 6.21. The van der Waals surface area contributed by atoms with Crippen molar-refractivity contribution in [3.63, 3.8) is 0 Å². The van der Waals surface area contributed by atoms with Crippen LogP contribution < -0.4 is 0 Å². The molecule has 0 saturated carbocycles. The van der Waals surface area contributed by atoms with Crippen LogP contribution >= 0.6 is 0 Å². The molecule has 1 aliphatic rings. The van der Waals surface area contributed by atoms with Gasteiger partial charge in [-0.25, -0.2) is 4.39 Å². The smallest absolute Gasteiger partial charge is 0.234 e. The van der Waals surface area contributed by atoms with Crippen molar-refractivity contribution in [3.05, 3.63) is 108 Å². The van der Waals surface area contributed by atoms with Crippen LogP contribution in [0.4, 0.5) is 4.39 Å². The number of nitrogens with zero attached hydrogens (tertiary/aromatic N) is 3. The summed E-state index contributed by atoms with van der Waals surface area (Å²) in [4.78, 5) is 20.1. The molecular weight excluding hydrogens is 417 g/mol. The summed E-state index contributed by atoms with van der Waals surface area (Å²) < 4.78 is 18.7. The summed E-state index contributed by atoms with van der Waals surface area (Å²) in [7, 11) is 0. The van der Waals surface area contributed by atoms with Gasteiger partial charge in [0.1, 0.15) is 5.82 Å². The van der Waals surface area contributed by atoms with E-state index in [-0.39, 0.29) is 23.6 Å². The Hall–Kier alpha value is -3.80. The average Bonchev–Trinajstić information content (AvgIpc) is 3.36. The Morgan fingerprint density at radius 3 is 2.03 bits per heavy atom. The first-order chi connectivity index (χ1) is 16.2. The molecule has 5 nitrogen and oxygen atoms in total. The topological polar surface area (TPSA) is 59.2 Å². The van der Waals surface area contributed by atoms with Gasteiger partial charge >= 0.3 is 0 Å². The van der Waals surface area contributed by atoms with Crippen LogP contribution in [0.15, 0.2) is 89.5 Å². The number of halogens is 1. The molecule has 1 amide bonds. The van der Waals surface area contributed by atoms with Crippen LogP contribution in [0.5, 0.6) is 0 Å². The van der Waals surface area contributed by atoms with Gasteiger partial charge in [0, 0.05) is 24.6 Å². The maximum atomic E-state index is 13.6. The Kier molecular flexibility index (Phi) is 5.98. The molecule has 1 aliphatic heterocycles. The molecule has 33 heavy (non-hydrogen) atoms. The van der Waals surface area contributed by atoms with E-state index >= 15 is 0 Å². The molecule has 0 spiro atoms. The van der Waals surface area contributed by atoms with Crippen molar-refractivity contribution in [1.82, 2.24) is 15.0 Å². The van der Waals surface area contributed by atoms with E-state index < -0.39 is 0 Å². The van der Waals surface area contributed by atoms with Crippen molar-refractivity contribution < 1.29 is 13.7 Å². The highest BCUT2D eigenvalue weighted by molar-refractivity contribution is 5.87. The highest BCUT2D eigenvalue weighted by Crippen LogP contribution is 2.32. The van der Waals surface area contributed by atoms with Crippen LogP contribution in [0.2, 0.25) is 0 Å². The van der Waals surface area contributed by atoms with Gasteiger partial charge in [0.2, 0.25) is 17.6 Å². The third kappa shape index (κ3) is 4.55. The molecule has 166 valence electrons. The SMILES string of the molecule is O=C(C(c1ccccc1)c1ccccc1)N1CCC(c2nc(-c3ccc(F)cc3)no2)CC1. The van der Waals surface area contributed by atoms with Crippen molar-refractivity contribution in [3.8, 4) is 11.4 Å². The van der Waals surface area contributed by atoms with Crippen molar-refractivity contribution >= 4 is 5.91 Å². The van der Waals surface area contributed by atoms with E-state index in [9.17, 15) is 9.18 Å². The quantitative estimate of drug-likeness (QED) is 0.415. The summed E-state index contributed by atoms with van der Waals surface area (Å²) in [6.45, 7) is 1.27. The Bertz CT molecular complexity index is 1160. The fourth-order valence-electron chi connectivity index (χ4n) is 4.42. The van der Waals surface area contributed by atoms with Crippen LogP contribution in [0, 0.1) is 5.82 Å². The zero-order valence-electron chi connectivity index (χ0n) is 18.1. The first-order valence-electron chi connectivity index (χ1n) is 11.2. The molecule has 2 heterocycles. The van der Waals surface area contributed by atoms with Crippen molar-refractivity contribution in [2.75, 3.05) is 13.1 Å². The molecule has 0 atom stereocenters. The number of hydrogen-bond donors (Lipinski definition) is 0. The predicted octanol–water partition coefficient (Wildman–Crippen LogP) is 5.41. The second-order valence-electron chi connectivity index (χ2n) is 8.32. The fraction of sp³-hybridized carbons (Fsp3) is 0.222. The number of piperidine rings is 1. The molecule has 5 rings (SSSR count). The fourth-order valence-corrected chi connectivity index (χ4v) is 4.42. The number of benzene rings is 3. The summed E-state index contributed by atoms with van der Waals surface area (Å²) in [5, 5.41) is 4.06. The number of likely N-dealkylation sites (tertiary alicyclic amines) is 1. The molecule has 0 unspecified atom stereocenters. The lowest BCUT2D eigenvalue weighted by Crippen LogP contribution is -2.41. The zero-order chi connectivity index (χ0) is 22.6. The summed E-state index contributed by atoms with van der Waals surface area (Å²) in [5.74, 6) is 0.619.